The van der Waals surface area contributed by atoms with Gasteiger partial charge in [-0.15, -0.1) is 0 Å². The molecule has 3 aromatic rings. The van der Waals surface area contributed by atoms with E-state index >= 15 is 0 Å². The summed E-state index contributed by atoms with van der Waals surface area (Å²) in [4.78, 5) is 10.8. The zero-order chi connectivity index (χ0) is 21.0. The minimum Gasteiger partial charge on any atom is -0.350 e. The van der Waals surface area contributed by atoms with Crippen molar-refractivity contribution in [3.63, 3.8) is 0 Å². The van der Waals surface area contributed by atoms with Gasteiger partial charge >= 0.3 is 6.18 Å². The Kier molecular flexibility index (Phi) is 5.79. The predicted molar refractivity (Wildman–Crippen MR) is 107 cm³/mol. The Morgan fingerprint density at radius 1 is 0.862 bits per heavy atom. The first-order chi connectivity index (χ1) is 13.7. The third kappa shape index (κ3) is 5.29. The van der Waals surface area contributed by atoms with Crippen LogP contribution in [0.4, 0.5) is 41.6 Å². The van der Waals surface area contributed by atoms with Crippen LogP contribution in [0.15, 0.2) is 66.7 Å². The number of nitrogens with zero attached hydrogens (tertiary/aromatic N) is 1. The SMILES string of the molecule is O=[N+]([O-])c1cc(NNc2cccc(Cl)c2)ccc1Nc1cccc(C(F)(F)F)c1. The zero-order valence-electron chi connectivity index (χ0n) is 14.6. The second-order valence-corrected chi connectivity index (χ2v) is 6.39. The summed E-state index contributed by atoms with van der Waals surface area (Å²) in [6.45, 7) is 0. The van der Waals surface area contributed by atoms with Crippen LogP contribution in [0, 0.1) is 10.1 Å². The van der Waals surface area contributed by atoms with Crippen molar-refractivity contribution in [1.29, 1.82) is 0 Å². The Bertz CT molecular complexity index is 1040. The summed E-state index contributed by atoms with van der Waals surface area (Å²) in [7, 11) is 0. The van der Waals surface area contributed by atoms with Gasteiger partial charge in [0, 0.05) is 16.8 Å². The van der Waals surface area contributed by atoms with Crippen molar-refractivity contribution < 1.29 is 18.1 Å². The van der Waals surface area contributed by atoms with Crippen LogP contribution in [-0.2, 0) is 6.18 Å². The number of hydrogen-bond acceptors (Lipinski definition) is 5. The zero-order valence-corrected chi connectivity index (χ0v) is 15.4. The summed E-state index contributed by atoms with van der Waals surface area (Å²) in [5.74, 6) is 0. The molecule has 0 radical (unpaired) electrons. The van der Waals surface area contributed by atoms with E-state index in [0.29, 0.717) is 16.4 Å². The molecule has 3 rings (SSSR count). The number of halogens is 4. The van der Waals surface area contributed by atoms with E-state index in [0.717, 1.165) is 12.1 Å². The van der Waals surface area contributed by atoms with Gasteiger partial charge in [0.2, 0.25) is 0 Å². The summed E-state index contributed by atoms with van der Waals surface area (Å²) < 4.78 is 38.6. The minimum absolute atomic E-state index is 0.0580. The summed E-state index contributed by atoms with van der Waals surface area (Å²) in [5, 5.41) is 14.6. The monoisotopic (exact) mass is 422 g/mol. The van der Waals surface area contributed by atoms with Crippen molar-refractivity contribution >= 4 is 40.0 Å². The summed E-state index contributed by atoms with van der Waals surface area (Å²) in [6.07, 6.45) is -4.51. The number of hydrazine groups is 1. The number of alkyl halides is 3. The van der Waals surface area contributed by atoms with E-state index in [2.05, 4.69) is 16.2 Å². The standard InChI is InChI=1S/C19H14ClF3N4O2/c20-13-4-2-6-15(10-13)25-26-16-7-8-17(18(11-16)27(28)29)24-14-5-1-3-12(9-14)19(21,22)23/h1-11,24-26H. The Morgan fingerprint density at radius 3 is 2.17 bits per heavy atom. The van der Waals surface area contributed by atoms with Gasteiger partial charge in [0.25, 0.3) is 5.69 Å². The van der Waals surface area contributed by atoms with Gasteiger partial charge < -0.3 is 16.2 Å². The number of anilines is 4. The molecule has 0 aliphatic heterocycles. The molecule has 0 atom stereocenters. The third-order valence-electron chi connectivity index (χ3n) is 3.84. The highest BCUT2D eigenvalue weighted by Crippen LogP contribution is 2.34. The predicted octanol–water partition coefficient (Wildman–Crippen LogP) is 6.45. The van der Waals surface area contributed by atoms with Gasteiger partial charge in [-0.2, -0.15) is 13.2 Å². The topological polar surface area (TPSA) is 79.2 Å². The molecule has 0 aromatic heterocycles. The second-order valence-electron chi connectivity index (χ2n) is 5.95. The molecule has 150 valence electrons. The smallest absolute Gasteiger partial charge is 0.350 e. The van der Waals surface area contributed by atoms with Crippen LogP contribution in [-0.4, -0.2) is 4.92 Å². The third-order valence-corrected chi connectivity index (χ3v) is 4.07. The van der Waals surface area contributed by atoms with Crippen LogP contribution in [0.3, 0.4) is 0 Å². The highest BCUT2D eigenvalue weighted by atomic mass is 35.5. The minimum atomic E-state index is -4.51. The number of benzene rings is 3. The van der Waals surface area contributed by atoms with Gasteiger partial charge in [0.15, 0.2) is 0 Å². The van der Waals surface area contributed by atoms with Gasteiger partial charge in [-0.05, 0) is 48.5 Å². The van der Waals surface area contributed by atoms with E-state index in [9.17, 15) is 23.3 Å². The van der Waals surface area contributed by atoms with Crippen LogP contribution >= 0.6 is 11.6 Å². The number of nitrogens with one attached hydrogen (secondary N) is 3. The molecule has 0 heterocycles. The highest BCUT2D eigenvalue weighted by Gasteiger charge is 2.30. The van der Waals surface area contributed by atoms with Crippen LogP contribution in [0.2, 0.25) is 5.02 Å². The van der Waals surface area contributed by atoms with E-state index in [4.69, 9.17) is 11.6 Å². The quantitative estimate of drug-likeness (QED) is 0.314. The summed E-state index contributed by atoms with van der Waals surface area (Å²) in [6, 6.07) is 15.5. The maximum Gasteiger partial charge on any atom is 0.416 e. The highest BCUT2D eigenvalue weighted by molar-refractivity contribution is 6.30. The summed E-state index contributed by atoms with van der Waals surface area (Å²) >= 11 is 5.89. The molecule has 0 spiro atoms. The molecule has 0 saturated heterocycles. The fourth-order valence-electron chi connectivity index (χ4n) is 2.51. The van der Waals surface area contributed by atoms with Crippen molar-refractivity contribution in [3.05, 3.63) is 87.4 Å². The van der Waals surface area contributed by atoms with Crippen LogP contribution in [0.1, 0.15) is 5.56 Å². The van der Waals surface area contributed by atoms with Gasteiger partial charge in [0.1, 0.15) is 5.69 Å². The fraction of sp³-hybridized carbons (Fsp3) is 0.0526. The largest absolute Gasteiger partial charge is 0.416 e. The molecular weight excluding hydrogens is 409 g/mol. The number of nitro groups is 1. The number of rotatable bonds is 6. The Hall–Kier alpha value is -3.46. The van der Waals surface area contributed by atoms with E-state index in [1.165, 1.54) is 24.3 Å². The maximum absolute atomic E-state index is 12.9. The number of hydrogen-bond donors (Lipinski definition) is 3. The Balaban J connectivity index is 1.80. The van der Waals surface area contributed by atoms with Gasteiger partial charge in [0.05, 0.1) is 21.9 Å². The fourth-order valence-corrected chi connectivity index (χ4v) is 2.70. The second kappa shape index (κ2) is 8.27. The average molecular weight is 423 g/mol. The summed E-state index contributed by atoms with van der Waals surface area (Å²) in [5.41, 5.74) is 5.68. The van der Waals surface area contributed by atoms with Crippen molar-refractivity contribution in [2.45, 2.75) is 6.18 Å². The molecule has 29 heavy (non-hydrogen) atoms. The number of nitro benzene ring substituents is 1. The lowest BCUT2D eigenvalue weighted by Crippen LogP contribution is -2.09. The van der Waals surface area contributed by atoms with Crippen LogP contribution in [0.25, 0.3) is 0 Å². The lowest BCUT2D eigenvalue weighted by molar-refractivity contribution is -0.383. The molecule has 3 aromatic carbocycles. The van der Waals surface area contributed by atoms with E-state index in [1.54, 1.807) is 30.3 Å². The lowest BCUT2D eigenvalue weighted by Gasteiger charge is -2.13. The van der Waals surface area contributed by atoms with Crippen LogP contribution in [0.5, 0.6) is 0 Å². The first-order valence-corrected chi connectivity index (χ1v) is 8.60. The van der Waals surface area contributed by atoms with Crippen molar-refractivity contribution in [2.24, 2.45) is 0 Å². The molecule has 0 bridgehead atoms. The Morgan fingerprint density at radius 2 is 1.52 bits per heavy atom. The average Bonchev–Trinajstić information content (AvgIpc) is 2.66. The van der Waals surface area contributed by atoms with Crippen molar-refractivity contribution in [2.75, 3.05) is 16.2 Å². The normalized spacial score (nSPS) is 11.0. The van der Waals surface area contributed by atoms with Gasteiger partial charge in [-0.3, -0.25) is 10.1 Å². The molecule has 0 unspecified atom stereocenters. The van der Waals surface area contributed by atoms with E-state index < -0.39 is 16.7 Å². The van der Waals surface area contributed by atoms with Crippen molar-refractivity contribution in [1.82, 2.24) is 0 Å². The molecule has 0 aliphatic carbocycles. The molecular formula is C19H14ClF3N4O2. The Labute approximate surface area is 168 Å². The molecule has 0 saturated carbocycles. The van der Waals surface area contributed by atoms with Crippen molar-refractivity contribution in [3.8, 4) is 0 Å². The van der Waals surface area contributed by atoms with Gasteiger partial charge in [-0.25, -0.2) is 0 Å². The molecule has 0 fully saturated rings. The maximum atomic E-state index is 12.9. The molecule has 0 aliphatic rings. The molecule has 0 amide bonds. The van der Waals surface area contributed by atoms with Crippen LogP contribution < -0.4 is 16.2 Å². The van der Waals surface area contributed by atoms with E-state index in [1.807, 2.05) is 0 Å². The molecule has 6 nitrogen and oxygen atoms in total. The molecule has 3 N–H and O–H groups in total. The first-order valence-electron chi connectivity index (χ1n) is 8.23. The van der Waals surface area contributed by atoms with Gasteiger partial charge in [-0.1, -0.05) is 23.7 Å². The van der Waals surface area contributed by atoms with E-state index in [-0.39, 0.29) is 17.1 Å². The lowest BCUT2D eigenvalue weighted by atomic mass is 10.1. The molecule has 10 heteroatoms. The first kappa shape index (κ1) is 20.3.